The first-order valence-electron chi connectivity index (χ1n) is 8.53. The van der Waals surface area contributed by atoms with Crippen molar-refractivity contribution in [2.75, 3.05) is 5.32 Å². The second kappa shape index (κ2) is 8.55. The Morgan fingerprint density at radius 3 is 2.43 bits per heavy atom. The number of benzene rings is 1. The minimum absolute atomic E-state index is 0.0471. The molecule has 0 unspecified atom stereocenters. The molecule has 0 aliphatic rings. The smallest absolute Gasteiger partial charge is 0.266 e. The van der Waals surface area contributed by atoms with Gasteiger partial charge in [-0.1, -0.05) is 17.7 Å². The number of rotatable bonds is 5. The Labute approximate surface area is 167 Å². The summed E-state index contributed by atoms with van der Waals surface area (Å²) in [5.74, 6) is -0.0860. The molecule has 0 bridgehead atoms. The van der Waals surface area contributed by atoms with Crippen molar-refractivity contribution in [1.82, 2.24) is 9.97 Å². The van der Waals surface area contributed by atoms with Gasteiger partial charge >= 0.3 is 0 Å². The van der Waals surface area contributed by atoms with Gasteiger partial charge in [0.2, 0.25) is 0 Å². The van der Waals surface area contributed by atoms with E-state index < -0.39 is 5.91 Å². The van der Waals surface area contributed by atoms with Crippen molar-refractivity contribution in [3.05, 3.63) is 70.7 Å². The van der Waals surface area contributed by atoms with Gasteiger partial charge in [0.1, 0.15) is 17.4 Å². The summed E-state index contributed by atoms with van der Waals surface area (Å²) in [4.78, 5) is 21.1. The van der Waals surface area contributed by atoms with Gasteiger partial charge in [-0.05, 0) is 62.9 Å². The summed E-state index contributed by atoms with van der Waals surface area (Å²) in [5, 5.41) is 13.2. The zero-order valence-corrected chi connectivity index (χ0v) is 16.5. The van der Waals surface area contributed by atoms with Crippen molar-refractivity contribution in [2.24, 2.45) is 0 Å². The van der Waals surface area contributed by atoms with E-state index in [0.29, 0.717) is 21.7 Å². The van der Waals surface area contributed by atoms with Crippen LogP contribution in [0.3, 0.4) is 0 Å². The zero-order valence-electron chi connectivity index (χ0n) is 15.7. The summed E-state index contributed by atoms with van der Waals surface area (Å²) >= 11 is 1.28. The molecule has 1 amide bonds. The number of aryl methyl sites for hydroxylation is 3. The van der Waals surface area contributed by atoms with Crippen LogP contribution in [-0.4, -0.2) is 15.9 Å². The third-order valence-corrected chi connectivity index (χ3v) is 4.50. The molecular weight excluding hydrogens is 372 g/mol. The molecule has 1 aromatic carbocycles. The fourth-order valence-corrected chi connectivity index (χ4v) is 3.26. The van der Waals surface area contributed by atoms with E-state index in [1.807, 2.05) is 45.0 Å². The quantitative estimate of drug-likeness (QED) is 0.386. The molecule has 3 rings (SSSR count). The van der Waals surface area contributed by atoms with Crippen LogP contribution in [0.5, 0.6) is 0 Å². The van der Waals surface area contributed by atoms with E-state index in [-0.39, 0.29) is 5.57 Å². The largest absolute Gasteiger partial charge is 0.450 e. The molecule has 2 heterocycles. The molecule has 0 spiro atoms. The predicted octanol–water partition coefficient (Wildman–Crippen LogP) is 4.69. The second-order valence-electron chi connectivity index (χ2n) is 6.18. The number of hydrogen-bond donors (Lipinski definition) is 1. The van der Waals surface area contributed by atoms with Crippen LogP contribution < -0.4 is 5.32 Å². The lowest BCUT2D eigenvalue weighted by Gasteiger charge is -2.04. The monoisotopic (exact) mass is 390 g/mol. The van der Waals surface area contributed by atoms with Crippen molar-refractivity contribution in [1.29, 1.82) is 5.26 Å². The average molecular weight is 390 g/mol. The number of carbonyl (C=O) groups is 1. The predicted molar refractivity (Wildman–Crippen MR) is 108 cm³/mol. The van der Waals surface area contributed by atoms with Gasteiger partial charge in [-0.3, -0.25) is 4.79 Å². The Bertz CT molecular complexity index is 1060. The van der Waals surface area contributed by atoms with Gasteiger partial charge in [-0.15, -0.1) is 0 Å². The molecule has 0 saturated carbocycles. The summed E-state index contributed by atoms with van der Waals surface area (Å²) in [6, 6.07) is 14.6. The van der Waals surface area contributed by atoms with E-state index >= 15 is 0 Å². The number of nitriles is 1. The fraction of sp³-hybridized carbons (Fsp3) is 0.143. The number of carbonyl (C=O) groups excluding carboxylic acids is 1. The molecule has 0 fully saturated rings. The van der Waals surface area contributed by atoms with Crippen molar-refractivity contribution >= 4 is 29.4 Å². The van der Waals surface area contributed by atoms with Crippen molar-refractivity contribution in [3.8, 4) is 6.07 Å². The van der Waals surface area contributed by atoms with E-state index in [4.69, 9.17) is 4.42 Å². The van der Waals surface area contributed by atoms with Crippen LogP contribution >= 0.6 is 11.8 Å². The summed E-state index contributed by atoms with van der Waals surface area (Å²) in [7, 11) is 0. The van der Waals surface area contributed by atoms with E-state index in [0.717, 1.165) is 17.0 Å². The normalized spacial score (nSPS) is 11.1. The maximum absolute atomic E-state index is 12.3. The van der Waals surface area contributed by atoms with Crippen LogP contribution in [0.25, 0.3) is 6.08 Å². The lowest BCUT2D eigenvalue weighted by atomic mass is 10.2. The van der Waals surface area contributed by atoms with Gasteiger partial charge in [0, 0.05) is 23.2 Å². The van der Waals surface area contributed by atoms with Gasteiger partial charge in [-0.25, -0.2) is 9.97 Å². The van der Waals surface area contributed by atoms with Gasteiger partial charge in [0.05, 0.1) is 0 Å². The van der Waals surface area contributed by atoms with Gasteiger partial charge < -0.3 is 9.73 Å². The van der Waals surface area contributed by atoms with Crippen LogP contribution in [0, 0.1) is 32.1 Å². The number of aromatic nitrogens is 2. The first kappa shape index (κ1) is 19.4. The minimum Gasteiger partial charge on any atom is -0.450 e. The molecule has 0 radical (unpaired) electrons. The molecule has 0 aliphatic carbocycles. The number of hydrogen-bond acceptors (Lipinski definition) is 6. The highest BCUT2D eigenvalue weighted by Crippen LogP contribution is 2.28. The number of nitrogens with one attached hydrogen (secondary N) is 1. The SMILES string of the molecule is Cc1ccc(NC(=O)C(C#N)=Cc2ccc(Sc3nc(C)cc(C)n3)o2)cc1. The lowest BCUT2D eigenvalue weighted by molar-refractivity contribution is -0.112. The molecular formula is C21H18N4O2S. The van der Waals surface area contributed by atoms with Crippen molar-refractivity contribution in [3.63, 3.8) is 0 Å². The third-order valence-electron chi connectivity index (χ3n) is 3.72. The average Bonchev–Trinajstić information content (AvgIpc) is 3.07. The van der Waals surface area contributed by atoms with Crippen LogP contribution in [0.1, 0.15) is 22.7 Å². The summed E-state index contributed by atoms with van der Waals surface area (Å²) in [6.45, 7) is 5.77. The van der Waals surface area contributed by atoms with Crippen LogP contribution in [0.15, 0.2) is 62.7 Å². The minimum atomic E-state index is -0.491. The lowest BCUT2D eigenvalue weighted by Crippen LogP contribution is -2.13. The summed E-state index contributed by atoms with van der Waals surface area (Å²) < 4.78 is 5.69. The van der Waals surface area contributed by atoms with Crippen molar-refractivity contribution in [2.45, 2.75) is 31.0 Å². The fourth-order valence-electron chi connectivity index (χ4n) is 2.42. The number of furan rings is 1. The summed E-state index contributed by atoms with van der Waals surface area (Å²) in [6.07, 6.45) is 1.41. The molecule has 0 saturated heterocycles. The van der Waals surface area contributed by atoms with Gasteiger partial charge in [0.15, 0.2) is 10.2 Å². The first-order valence-corrected chi connectivity index (χ1v) is 9.34. The zero-order chi connectivity index (χ0) is 20.1. The molecule has 0 aliphatic heterocycles. The Morgan fingerprint density at radius 1 is 1.11 bits per heavy atom. The molecule has 2 aromatic heterocycles. The highest BCUT2D eigenvalue weighted by atomic mass is 32.2. The number of anilines is 1. The highest BCUT2D eigenvalue weighted by Gasteiger charge is 2.12. The van der Waals surface area contributed by atoms with Gasteiger partial charge in [0.25, 0.3) is 5.91 Å². The Kier molecular flexibility index (Phi) is 5.92. The van der Waals surface area contributed by atoms with Gasteiger partial charge in [-0.2, -0.15) is 5.26 Å². The van der Waals surface area contributed by atoms with Crippen LogP contribution in [0.2, 0.25) is 0 Å². The molecule has 3 aromatic rings. The van der Waals surface area contributed by atoms with E-state index in [1.165, 1.54) is 17.8 Å². The molecule has 28 heavy (non-hydrogen) atoms. The number of amides is 1. The Morgan fingerprint density at radius 2 is 1.79 bits per heavy atom. The Hall–Kier alpha value is -3.37. The molecule has 7 heteroatoms. The highest BCUT2D eigenvalue weighted by molar-refractivity contribution is 7.99. The van der Waals surface area contributed by atoms with Crippen LogP contribution in [0.4, 0.5) is 5.69 Å². The third kappa shape index (κ3) is 5.09. The molecule has 0 atom stereocenters. The van der Waals surface area contributed by atoms with E-state index in [1.54, 1.807) is 24.3 Å². The van der Waals surface area contributed by atoms with Crippen LogP contribution in [-0.2, 0) is 4.79 Å². The van der Waals surface area contributed by atoms with Crippen molar-refractivity contribution < 1.29 is 9.21 Å². The molecule has 6 nitrogen and oxygen atoms in total. The maximum Gasteiger partial charge on any atom is 0.266 e. The Balaban J connectivity index is 1.73. The van der Waals surface area contributed by atoms with E-state index in [9.17, 15) is 10.1 Å². The molecule has 1 N–H and O–H groups in total. The maximum atomic E-state index is 12.3. The first-order chi connectivity index (χ1) is 13.4. The second-order valence-corrected chi connectivity index (χ2v) is 7.15. The number of nitrogens with zero attached hydrogens (tertiary/aromatic N) is 3. The summed E-state index contributed by atoms with van der Waals surface area (Å²) in [5.41, 5.74) is 3.42. The van der Waals surface area contributed by atoms with E-state index in [2.05, 4.69) is 15.3 Å². The standard InChI is InChI=1S/C21H18N4O2S/c1-13-4-6-17(7-5-13)25-20(26)16(12-22)11-18-8-9-19(27-18)28-21-23-14(2)10-15(3)24-21/h4-11H,1-3H3,(H,25,26). The topological polar surface area (TPSA) is 91.8 Å². The molecule has 140 valence electrons.